The number of halogens is 1. The average Bonchev–Trinajstić information content (AvgIpc) is 2.37. The Hall–Kier alpha value is -1.14. The molecular formula is C15H15IN2S. The average molecular weight is 382 g/mol. The molecule has 2 rings (SSSR count). The summed E-state index contributed by atoms with van der Waals surface area (Å²) in [6, 6.07) is 14.3. The maximum atomic E-state index is 5.36. The molecule has 2 nitrogen and oxygen atoms in total. The van der Waals surface area contributed by atoms with Gasteiger partial charge in [-0.2, -0.15) is 0 Å². The number of para-hydroxylation sites is 1. The highest BCUT2D eigenvalue weighted by molar-refractivity contribution is 14.1. The molecule has 0 atom stereocenters. The van der Waals surface area contributed by atoms with Gasteiger partial charge in [0.15, 0.2) is 5.11 Å². The highest BCUT2D eigenvalue weighted by atomic mass is 127. The molecule has 0 amide bonds. The summed E-state index contributed by atoms with van der Waals surface area (Å²) in [6.45, 7) is 4.14. The molecule has 0 aromatic heterocycles. The van der Waals surface area contributed by atoms with Crippen molar-refractivity contribution in [2.75, 3.05) is 10.6 Å². The minimum atomic E-state index is 0.609. The third-order valence-corrected chi connectivity index (χ3v) is 3.91. The number of rotatable bonds is 2. The Morgan fingerprint density at radius 3 is 2.42 bits per heavy atom. The third kappa shape index (κ3) is 3.91. The van der Waals surface area contributed by atoms with Crippen LogP contribution in [0.3, 0.4) is 0 Å². The van der Waals surface area contributed by atoms with Crippen molar-refractivity contribution >= 4 is 51.3 Å². The smallest absolute Gasteiger partial charge is 0.175 e. The van der Waals surface area contributed by atoms with E-state index in [-0.39, 0.29) is 0 Å². The topological polar surface area (TPSA) is 24.1 Å². The summed E-state index contributed by atoms with van der Waals surface area (Å²) in [5, 5.41) is 7.07. The van der Waals surface area contributed by atoms with Gasteiger partial charge >= 0.3 is 0 Å². The molecule has 0 unspecified atom stereocenters. The number of thiocarbonyl (C=S) groups is 1. The second kappa shape index (κ2) is 6.34. The van der Waals surface area contributed by atoms with E-state index in [1.807, 2.05) is 24.3 Å². The molecule has 4 heteroatoms. The summed E-state index contributed by atoms with van der Waals surface area (Å²) in [7, 11) is 0. The normalized spacial score (nSPS) is 10.1. The lowest BCUT2D eigenvalue weighted by atomic mass is 10.1. The fourth-order valence-electron chi connectivity index (χ4n) is 1.71. The SMILES string of the molecule is Cc1ccc(C)c(NC(=S)Nc2ccccc2I)c1. The minimum Gasteiger partial charge on any atom is -0.332 e. The van der Waals surface area contributed by atoms with Crippen LogP contribution >= 0.6 is 34.8 Å². The maximum absolute atomic E-state index is 5.36. The lowest BCUT2D eigenvalue weighted by Gasteiger charge is -2.14. The van der Waals surface area contributed by atoms with Gasteiger partial charge in [-0.15, -0.1) is 0 Å². The quantitative estimate of drug-likeness (QED) is 0.581. The van der Waals surface area contributed by atoms with Gasteiger partial charge in [-0.25, -0.2) is 0 Å². The zero-order valence-corrected chi connectivity index (χ0v) is 13.8. The summed E-state index contributed by atoms with van der Waals surface area (Å²) >= 11 is 7.64. The van der Waals surface area contributed by atoms with Crippen molar-refractivity contribution in [2.45, 2.75) is 13.8 Å². The summed E-state index contributed by atoms with van der Waals surface area (Å²) in [6.07, 6.45) is 0. The monoisotopic (exact) mass is 382 g/mol. The van der Waals surface area contributed by atoms with Crippen LogP contribution < -0.4 is 10.6 Å². The lowest BCUT2D eigenvalue weighted by molar-refractivity contribution is 1.39. The third-order valence-electron chi connectivity index (χ3n) is 2.76. The van der Waals surface area contributed by atoms with Gasteiger partial charge in [0, 0.05) is 9.26 Å². The molecule has 0 heterocycles. The molecule has 0 aliphatic rings. The minimum absolute atomic E-state index is 0.609. The molecule has 98 valence electrons. The predicted octanol–water partition coefficient (Wildman–Crippen LogP) is 4.72. The fraction of sp³-hybridized carbons (Fsp3) is 0.133. The molecule has 0 spiro atoms. The van der Waals surface area contributed by atoms with Gasteiger partial charge in [0.1, 0.15) is 0 Å². The highest BCUT2D eigenvalue weighted by Gasteiger charge is 2.04. The molecule has 0 saturated heterocycles. The van der Waals surface area contributed by atoms with Crippen LogP contribution in [0.1, 0.15) is 11.1 Å². The van der Waals surface area contributed by atoms with E-state index in [9.17, 15) is 0 Å². The van der Waals surface area contributed by atoms with Crippen LogP contribution in [-0.2, 0) is 0 Å². The molecule has 2 aromatic rings. The first-order valence-electron chi connectivity index (χ1n) is 5.96. The van der Waals surface area contributed by atoms with Gasteiger partial charge < -0.3 is 10.6 Å². The van der Waals surface area contributed by atoms with Crippen LogP contribution in [-0.4, -0.2) is 5.11 Å². The zero-order chi connectivity index (χ0) is 13.8. The standard InChI is InChI=1S/C15H15IN2S/c1-10-7-8-11(2)14(9-10)18-15(19)17-13-6-4-3-5-12(13)16/h3-9H,1-2H3,(H2,17,18,19). The van der Waals surface area contributed by atoms with E-state index in [0.717, 1.165) is 14.9 Å². The Kier molecular flexibility index (Phi) is 4.76. The van der Waals surface area contributed by atoms with Crippen LogP contribution in [0.25, 0.3) is 0 Å². The van der Waals surface area contributed by atoms with Gasteiger partial charge in [0.25, 0.3) is 0 Å². The van der Waals surface area contributed by atoms with Crippen LogP contribution in [0.15, 0.2) is 42.5 Å². The Morgan fingerprint density at radius 1 is 1.00 bits per heavy atom. The number of benzene rings is 2. The van der Waals surface area contributed by atoms with Crippen molar-refractivity contribution in [3.05, 3.63) is 57.2 Å². The van der Waals surface area contributed by atoms with Gasteiger partial charge in [-0.3, -0.25) is 0 Å². The molecule has 2 aromatic carbocycles. The Morgan fingerprint density at radius 2 is 1.68 bits per heavy atom. The van der Waals surface area contributed by atoms with E-state index in [0.29, 0.717) is 5.11 Å². The molecular weight excluding hydrogens is 367 g/mol. The summed E-state index contributed by atoms with van der Waals surface area (Å²) in [5.74, 6) is 0. The Balaban J connectivity index is 2.10. The van der Waals surface area contributed by atoms with Crippen molar-refractivity contribution in [3.8, 4) is 0 Å². The van der Waals surface area contributed by atoms with Crippen molar-refractivity contribution in [1.29, 1.82) is 0 Å². The molecule has 0 radical (unpaired) electrons. The first kappa shape index (κ1) is 14.3. The lowest BCUT2D eigenvalue weighted by Crippen LogP contribution is -2.20. The number of hydrogen-bond acceptors (Lipinski definition) is 1. The van der Waals surface area contributed by atoms with Crippen molar-refractivity contribution in [2.24, 2.45) is 0 Å². The number of nitrogens with one attached hydrogen (secondary N) is 2. The van der Waals surface area contributed by atoms with E-state index >= 15 is 0 Å². The van der Waals surface area contributed by atoms with E-state index in [1.54, 1.807) is 0 Å². The van der Waals surface area contributed by atoms with E-state index in [1.165, 1.54) is 11.1 Å². The van der Waals surface area contributed by atoms with Crippen molar-refractivity contribution in [3.63, 3.8) is 0 Å². The number of anilines is 2. The highest BCUT2D eigenvalue weighted by Crippen LogP contribution is 2.19. The Bertz CT molecular complexity index is 611. The zero-order valence-electron chi connectivity index (χ0n) is 10.8. The second-order valence-corrected chi connectivity index (χ2v) is 5.95. The Labute approximate surface area is 132 Å². The first-order valence-corrected chi connectivity index (χ1v) is 7.45. The van der Waals surface area contributed by atoms with Gasteiger partial charge in [0.05, 0.1) is 5.69 Å². The van der Waals surface area contributed by atoms with Gasteiger partial charge in [-0.05, 0) is 78.0 Å². The molecule has 0 saturated carbocycles. The van der Waals surface area contributed by atoms with Gasteiger partial charge in [-0.1, -0.05) is 24.3 Å². The molecule has 2 N–H and O–H groups in total. The summed E-state index contributed by atoms with van der Waals surface area (Å²) < 4.78 is 1.14. The fourth-order valence-corrected chi connectivity index (χ4v) is 2.45. The largest absolute Gasteiger partial charge is 0.332 e. The molecule has 0 fully saturated rings. The van der Waals surface area contributed by atoms with Crippen LogP contribution in [0, 0.1) is 17.4 Å². The van der Waals surface area contributed by atoms with Crippen LogP contribution in [0.4, 0.5) is 11.4 Å². The molecule has 19 heavy (non-hydrogen) atoms. The van der Waals surface area contributed by atoms with E-state index < -0.39 is 0 Å². The molecule has 0 aliphatic carbocycles. The van der Waals surface area contributed by atoms with Gasteiger partial charge in [0.2, 0.25) is 0 Å². The maximum Gasteiger partial charge on any atom is 0.175 e. The first-order chi connectivity index (χ1) is 9.06. The summed E-state index contributed by atoms with van der Waals surface area (Å²) in [4.78, 5) is 0. The summed E-state index contributed by atoms with van der Waals surface area (Å²) in [5.41, 5.74) is 4.46. The van der Waals surface area contributed by atoms with Crippen molar-refractivity contribution in [1.82, 2.24) is 0 Å². The van der Waals surface area contributed by atoms with E-state index in [4.69, 9.17) is 12.2 Å². The second-order valence-electron chi connectivity index (χ2n) is 4.38. The van der Waals surface area contributed by atoms with Crippen LogP contribution in [0.2, 0.25) is 0 Å². The van der Waals surface area contributed by atoms with E-state index in [2.05, 4.69) is 65.3 Å². The predicted molar refractivity (Wildman–Crippen MR) is 94.9 cm³/mol. The number of aryl methyl sites for hydroxylation is 2. The van der Waals surface area contributed by atoms with Crippen LogP contribution in [0.5, 0.6) is 0 Å². The molecule has 0 bridgehead atoms. The van der Waals surface area contributed by atoms with Crippen molar-refractivity contribution < 1.29 is 0 Å². The number of hydrogen-bond donors (Lipinski definition) is 2. The molecule has 0 aliphatic heterocycles.